The van der Waals surface area contributed by atoms with Gasteiger partial charge in [-0.2, -0.15) is 5.10 Å². The molecule has 1 aliphatic heterocycles. The van der Waals surface area contributed by atoms with E-state index in [0.29, 0.717) is 19.0 Å². The maximum Gasteiger partial charge on any atom is 0.242 e. The van der Waals surface area contributed by atoms with Gasteiger partial charge >= 0.3 is 0 Å². The van der Waals surface area contributed by atoms with Crippen molar-refractivity contribution in [3.8, 4) is 0 Å². The van der Waals surface area contributed by atoms with Crippen LogP contribution in [0, 0.1) is 0 Å². The zero-order chi connectivity index (χ0) is 20.2. The monoisotopic (exact) mass is 396 g/mol. The number of likely N-dealkylation sites (tertiary alicyclic amines) is 1. The summed E-state index contributed by atoms with van der Waals surface area (Å²) in [6.45, 7) is 7.50. The molecular formula is C20H28N8O. The molecule has 0 N–H and O–H groups in total. The minimum atomic E-state index is 0.160. The normalized spacial score (nSPS) is 15.2. The maximum atomic E-state index is 12.7. The van der Waals surface area contributed by atoms with Gasteiger partial charge in [0.15, 0.2) is 5.82 Å². The van der Waals surface area contributed by atoms with Gasteiger partial charge in [0.2, 0.25) is 5.91 Å². The smallest absolute Gasteiger partial charge is 0.242 e. The van der Waals surface area contributed by atoms with Crippen molar-refractivity contribution in [3.63, 3.8) is 0 Å². The van der Waals surface area contributed by atoms with Crippen molar-refractivity contribution < 1.29 is 4.79 Å². The van der Waals surface area contributed by atoms with Crippen molar-refractivity contribution in [2.24, 2.45) is 0 Å². The lowest BCUT2D eigenvalue weighted by atomic mass is 9.95. The van der Waals surface area contributed by atoms with Crippen LogP contribution in [-0.2, 0) is 30.8 Å². The van der Waals surface area contributed by atoms with Crippen LogP contribution < -0.4 is 0 Å². The van der Waals surface area contributed by atoms with Crippen LogP contribution in [0.15, 0.2) is 30.9 Å². The summed E-state index contributed by atoms with van der Waals surface area (Å²) in [6, 6.07) is 1.91. The number of aromatic nitrogens is 7. The topological polar surface area (TPSA) is 86.7 Å². The molecule has 1 aliphatic rings. The quantitative estimate of drug-likeness (QED) is 0.607. The Bertz CT molecular complexity index is 934. The average molecular weight is 396 g/mol. The molecule has 0 unspecified atom stereocenters. The molecule has 9 heteroatoms. The molecule has 0 bridgehead atoms. The Hall–Kier alpha value is -2.97. The van der Waals surface area contributed by atoms with E-state index in [-0.39, 0.29) is 5.91 Å². The summed E-state index contributed by atoms with van der Waals surface area (Å²) in [7, 11) is 0. The summed E-state index contributed by atoms with van der Waals surface area (Å²) in [6.07, 6.45) is 10.0. The zero-order valence-electron chi connectivity index (χ0n) is 17.1. The molecule has 1 saturated heterocycles. The van der Waals surface area contributed by atoms with Crippen molar-refractivity contribution in [1.29, 1.82) is 0 Å². The highest BCUT2D eigenvalue weighted by molar-refractivity contribution is 5.76. The largest absolute Gasteiger partial charge is 0.341 e. The number of piperidine rings is 1. The first kappa shape index (κ1) is 19.4. The van der Waals surface area contributed by atoms with Gasteiger partial charge in [0, 0.05) is 56.8 Å². The fraction of sp³-hybridized carbons (Fsp3) is 0.550. The van der Waals surface area contributed by atoms with E-state index >= 15 is 0 Å². The van der Waals surface area contributed by atoms with Gasteiger partial charge in [-0.25, -0.2) is 4.98 Å². The van der Waals surface area contributed by atoms with E-state index in [2.05, 4.69) is 38.7 Å². The molecule has 0 saturated carbocycles. The average Bonchev–Trinajstić information content (AvgIpc) is 3.49. The third-order valence-corrected chi connectivity index (χ3v) is 5.67. The lowest BCUT2D eigenvalue weighted by Gasteiger charge is -2.32. The van der Waals surface area contributed by atoms with Crippen molar-refractivity contribution in [2.75, 3.05) is 13.1 Å². The van der Waals surface area contributed by atoms with E-state index in [1.54, 1.807) is 12.4 Å². The summed E-state index contributed by atoms with van der Waals surface area (Å²) >= 11 is 0. The minimum absolute atomic E-state index is 0.160. The van der Waals surface area contributed by atoms with Crippen LogP contribution in [0.1, 0.15) is 50.1 Å². The van der Waals surface area contributed by atoms with Gasteiger partial charge in [-0.1, -0.05) is 6.92 Å². The highest BCUT2D eigenvalue weighted by Gasteiger charge is 2.28. The molecule has 4 rings (SSSR count). The Morgan fingerprint density at radius 3 is 2.62 bits per heavy atom. The highest BCUT2D eigenvalue weighted by Crippen LogP contribution is 2.27. The Kier molecular flexibility index (Phi) is 5.73. The number of imidazole rings is 1. The van der Waals surface area contributed by atoms with Crippen LogP contribution in [0.4, 0.5) is 0 Å². The minimum Gasteiger partial charge on any atom is -0.341 e. The van der Waals surface area contributed by atoms with Gasteiger partial charge in [0.05, 0.1) is 0 Å². The van der Waals surface area contributed by atoms with Crippen molar-refractivity contribution in [1.82, 2.24) is 39.0 Å². The highest BCUT2D eigenvalue weighted by atomic mass is 16.2. The third kappa shape index (κ3) is 4.08. The zero-order valence-corrected chi connectivity index (χ0v) is 17.1. The molecule has 3 aromatic rings. The van der Waals surface area contributed by atoms with Crippen LogP contribution in [-0.4, -0.2) is 58.0 Å². The Labute approximate surface area is 170 Å². The number of aryl methyl sites for hydroxylation is 1. The Balaban J connectivity index is 1.38. The predicted octanol–water partition coefficient (Wildman–Crippen LogP) is 1.71. The van der Waals surface area contributed by atoms with E-state index in [1.807, 2.05) is 32.6 Å². The number of hydrogen-bond acceptors (Lipinski definition) is 5. The van der Waals surface area contributed by atoms with E-state index in [9.17, 15) is 4.79 Å². The Morgan fingerprint density at radius 2 is 1.93 bits per heavy atom. The molecule has 1 amide bonds. The van der Waals surface area contributed by atoms with Crippen molar-refractivity contribution in [3.05, 3.63) is 48.3 Å². The predicted molar refractivity (Wildman–Crippen MR) is 107 cm³/mol. The molecule has 0 atom stereocenters. The van der Waals surface area contributed by atoms with E-state index in [1.165, 1.54) is 0 Å². The molecule has 0 radical (unpaired) electrons. The van der Waals surface area contributed by atoms with Crippen LogP contribution in [0.5, 0.6) is 0 Å². The molecule has 4 heterocycles. The summed E-state index contributed by atoms with van der Waals surface area (Å²) < 4.78 is 6.01. The first-order valence-electron chi connectivity index (χ1n) is 10.4. The number of carbonyl (C=O) groups is 1. The SMILES string of the molecule is CCc1nccn1CC(=O)N1CCC(c2nnc(Cn3cccn3)n2CC)CC1. The number of rotatable bonds is 7. The van der Waals surface area contributed by atoms with Crippen LogP contribution in [0.3, 0.4) is 0 Å². The Morgan fingerprint density at radius 1 is 1.10 bits per heavy atom. The lowest BCUT2D eigenvalue weighted by molar-refractivity contribution is -0.133. The molecule has 9 nitrogen and oxygen atoms in total. The summed E-state index contributed by atoms with van der Waals surface area (Å²) in [5.74, 6) is 3.40. The molecule has 0 spiro atoms. The van der Waals surface area contributed by atoms with Crippen LogP contribution >= 0.6 is 0 Å². The number of amides is 1. The second kappa shape index (κ2) is 8.59. The molecule has 1 fully saturated rings. The molecule has 0 aromatic carbocycles. The second-order valence-corrected chi connectivity index (χ2v) is 7.40. The second-order valence-electron chi connectivity index (χ2n) is 7.40. The lowest BCUT2D eigenvalue weighted by Crippen LogP contribution is -2.40. The number of nitrogens with zero attached hydrogens (tertiary/aromatic N) is 8. The van der Waals surface area contributed by atoms with E-state index in [0.717, 1.165) is 56.4 Å². The summed E-state index contributed by atoms with van der Waals surface area (Å²) in [4.78, 5) is 19.0. The summed E-state index contributed by atoms with van der Waals surface area (Å²) in [5, 5.41) is 13.2. The molecule has 3 aromatic heterocycles. The van der Waals surface area contributed by atoms with Gasteiger partial charge < -0.3 is 14.0 Å². The first-order valence-corrected chi connectivity index (χ1v) is 10.4. The third-order valence-electron chi connectivity index (χ3n) is 5.67. The number of hydrogen-bond donors (Lipinski definition) is 0. The molecule has 29 heavy (non-hydrogen) atoms. The maximum absolute atomic E-state index is 12.7. The number of carbonyl (C=O) groups excluding carboxylic acids is 1. The van der Waals surface area contributed by atoms with Gasteiger partial charge in [0.1, 0.15) is 24.7 Å². The summed E-state index contributed by atoms with van der Waals surface area (Å²) in [5.41, 5.74) is 0. The fourth-order valence-corrected chi connectivity index (χ4v) is 4.08. The standard InChI is InChI=1S/C20H28N8O/c1-3-17-21-9-13-26(17)15-19(29)25-11-6-16(7-12-25)20-24-23-18(28(20)4-2)14-27-10-5-8-22-27/h5,8-10,13,16H,3-4,6-7,11-12,14-15H2,1-2H3. The van der Waals surface area contributed by atoms with Gasteiger partial charge in [-0.3, -0.25) is 9.48 Å². The van der Waals surface area contributed by atoms with Crippen molar-refractivity contribution >= 4 is 5.91 Å². The van der Waals surface area contributed by atoms with Crippen LogP contribution in [0.25, 0.3) is 0 Å². The van der Waals surface area contributed by atoms with Gasteiger partial charge in [-0.05, 0) is 25.8 Å². The van der Waals surface area contributed by atoms with E-state index < -0.39 is 0 Å². The molecular weight excluding hydrogens is 368 g/mol. The fourth-order valence-electron chi connectivity index (χ4n) is 4.08. The van der Waals surface area contributed by atoms with Crippen LogP contribution in [0.2, 0.25) is 0 Å². The van der Waals surface area contributed by atoms with Crippen molar-refractivity contribution in [2.45, 2.75) is 58.7 Å². The van der Waals surface area contributed by atoms with Gasteiger partial charge in [-0.15, -0.1) is 10.2 Å². The molecule has 0 aliphatic carbocycles. The first-order chi connectivity index (χ1) is 14.2. The molecule has 154 valence electrons. The van der Waals surface area contributed by atoms with Gasteiger partial charge in [0.25, 0.3) is 0 Å². The van der Waals surface area contributed by atoms with E-state index in [4.69, 9.17) is 0 Å².